The third kappa shape index (κ3) is 11.3. The summed E-state index contributed by atoms with van der Waals surface area (Å²) < 4.78 is 0. The summed E-state index contributed by atoms with van der Waals surface area (Å²) in [7, 11) is 0. The molecule has 0 nitrogen and oxygen atoms in total. The Balaban J connectivity index is 0.000000194. The quantitative estimate of drug-likeness (QED) is 0.120. The van der Waals surface area contributed by atoms with Gasteiger partial charge in [0.2, 0.25) is 0 Å². The van der Waals surface area contributed by atoms with E-state index in [0.717, 1.165) is 37.7 Å². The predicted molar refractivity (Wildman–Crippen MR) is 203 cm³/mol. The smallest absolute Gasteiger partial charge is 0.267 e. The van der Waals surface area contributed by atoms with Crippen LogP contribution >= 0.6 is 0 Å². The van der Waals surface area contributed by atoms with E-state index >= 15 is 0 Å². The maximum absolute atomic E-state index is 3.56. The van der Waals surface area contributed by atoms with Crippen LogP contribution in [-0.4, -0.2) is 0 Å². The van der Waals surface area contributed by atoms with Gasteiger partial charge in [0.05, 0.1) is 0 Å². The molecule has 0 spiro atoms. The van der Waals surface area contributed by atoms with Crippen molar-refractivity contribution in [3.8, 4) is 0 Å². The van der Waals surface area contributed by atoms with E-state index in [0.29, 0.717) is 0 Å². The Bertz CT molecular complexity index is 2120. The second kappa shape index (κ2) is 20.0. The first-order valence-electron chi connectivity index (χ1n) is 17.2. The summed E-state index contributed by atoms with van der Waals surface area (Å²) in [5.74, 6) is 0.240. The molecule has 2 heteroatoms. The van der Waals surface area contributed by atoms with E-state index in [4.69, 9.17) is 0 Å². The molecule has 52 heavy (non-hydrogen) atoms. The maximum atomic E-state index is 3.56. The Morgan fingerprint density at radius 2 is 1.00 bits per heavy atom. The zero-order chi connectivity index (χ0) is 33.8. The first-order chi connectivity index (χ1) is 24.7. The molecule has 256 valence electrons. The molecule has 0 fully saturated rings. The molecule has 0 amide bonds. The van der Waals surface area contributed by atoms with Gasteiger partial charge in [0.15, 0.2) is 0 Å². The summed E-state index contributed by atoms with van der Waals surface area (Å²) in [4.78, 5) is 0. The molecule has 0 radical (unpaired) electrons. The van der Waals surface area contributed by atoms with E-state index in [1.54, 1.807) is 0 Å². The van der Waals surface area contributed by atoms with Crippen LogP contribution in [0, 0.1) is 48.6 Å². The summed E-state index contributed by atoms with van der Waals surface area (Å²) in [5, 5.41) is 0. The largest absolute Gasteiger partial charge is 4.00 e. The van der Waals surface area contributed by atoms with E-state index in [1.165, 1.54) is 55.6 Å². The third-order valence-electron chi connectivity index (χ3n) is 8.67. The minimum Gasteiger partial charge on any atom is -0.267 e. The molecule has 1 atom stereocenters. The van der Waals surface area contributed by atoms with Gasteiger partial charge >= 0.3 is 42.1 Å². The van der Waals surface area contributed by atoms with Crippen molar-refractivity contribution in [1.29, 1.82) is 0 Å². The molecule has 6 aromatic carbocycles. The van der Waals surface area contributed by atoms with Crippen LogP contribution in [0.5, 0.6) is 0 Å². The fourth-order valence-corrected chi connectivity index (χ4v) is 6.23. The van der Waals surface area contributed by atoms with Gasteiger partial charge in [0.1, 0.15) is 0 Å². The van der Waals surface area contributed by atoms with Gasteiger partial charge < -0.3 is 0 Å². The molecule has 2 aliphatic rings. The average Bonchev–Trinajstić information content (AvgIpc) is 3.90. The topological polar surface area (TPSA) is 0 Å². The number of hydrogen-bond acceptors (Lipinski definition) is 0. The molecular formula is C50H36Pt2. The second-order valence-corrected chi connectivity index (χ2v) is 12.5. The molecule has 0 N–H and O–H groups in total. The first-order valence-corrected chi connectivity index (χ1v) is 17.2. The van der Waals surface area contributed by atoms with Gasteiger partial charge in [-0.3, -0.25) is 6.08 Å². The van der Waals surface area contributed by atoms with Crippen molar-refractivity contribution in [2.45, 2.75) is 38.0 Å². The van der Waals surface area contributed by atoms with Crippen LogP contribution < -0.4 is 0 Å². The Labute approximate surface area is 339 Å². The Kier molecular flexibility index (Phi) is 15.0. The van der Waals surface area contributed by atoms with Gasteiger partial charge in [0.25, 0.3) is 0 Å². The third-order valence-corrected chi connectivity index (χ3v) is 8.67. The van der Waals surface area contributed by atoms with Crippen molar-refractivity contribution in [2.24, 2.45) is 0 Å². The van der Waals surface area contributed by atoms with Crippen LogP contribution in [0.4, 0.5) is 0 Å². The van der Waals surface area contributed by atoms with Crippen molar-refractivity contribution in [3.63, 3.8) is 0 Å². The summed E-state index contributed by atoms with van der Waals surface area (Å²) in [6, 6.07) is 62.5. The van der Waals surface area contributed by atoms with E-state index < -0.39 is 0 Å². The van der Waals surface area contributed by atoms with Crippen molar-refractivity contribution < 1.29 is 42.1 Å². The molecule has 0 heterocycles. The molecule has 0 bridgehead atoms. The summed E-state index contributed by atoms with van der Waals surface area (Å²) >= 11 is 0. The maximum Gasteiger partial charge on any atom is 4.00 e. The molecule has 0 aromatic heterocycles. The zero-order valence-electron chi connectivity index (χ0n) is 28.7. The summed E-state index contributed by atoms with van der Waals surface area (Å²) in [6.07, 6.45) is 21.3. The van der Waals surface area contributed by atoms with E-state index in [-0.39, 0.29) is 48.0 Å². The van der Waals surface area contributed by atoms with Gasteiger partial charge in [-0.2, -0.15) is 208 Å². The SMILES string of the molecule is [C-]1=C(c2[c-]c(Cc3[c-]c(Cc4[c-]cccc4)ccc3)ccc2)CC=C1.[C-]1=CC=CC1c1[c-]c(Cc2[c-]c(Cc3[c-]cccc3)ccc2)ccc1.[Pt+4].[Pt+4]. The molecule has 8 rings (SSSR count). The summed E-state index contributed by atoms with van der Waals surface area (Å²) in [5.41, 5.74) is 13.1. The van der Waals surface area contributed by atoms with Gasteiger partial charge in [-0.1, -0.05) is 5.92 Å². The second-order valence-electron chi connectivity index (χ2n) is 12.5. The Morgan fingerprint density at radius 3 is 1.50 bits per heavy atom. The minimum absolute atomic E-state index is 0. The fourth-order valence-electron chi connectivity index (χ4n) is 6.23. The first kappa shape index (κ1) is 38.9. The Hall–Kier alpha value is -4.34. The van der Waals surface area contributed by atoms with Crippen LogP contribution in [0.3, 0.4) is 0 Å². The number of allylic oxidation sites excluding steroid dienone is 8. The Morgan fingerprint density at radius 1 is 0.500 bits per heavy atom. The van der Waals surface area contributed by atoms with Gasteiger partial charge in [-0.15, -0.1) is 18.1 Å². The number of benzene rings is 6. The average molecular weight is 1030 g/mol. The monoisotopic (exact) mass is 1030 g/mol. The zero-order valence-corrected chi connectivity index (χ0v) is 33.2. The van der Waals surface area contributed by atoms with Gasteiger partial charge in [-0.05, 0) is 25.7 Å². The van der Waals surface area contributed by atoms with Crippen LogP contribution in [0.15, 0.2) is 152 Å². The molecule has 2 aliphatic carbocycles. The van der Waals surface area contributed by atoms with Crippen molar-refractivity contribution in [3.05, 3.63) is 256 Å². The van der Waals surface area contributed by atoms with Crippen LogP contribution in [0.1, 0.15) is 68.0 Å². The number of hydrogen-bond donors (Lipinski definition) is 0. The van der Waals surface area contributed by atoms with Crippen LogP contribution in [0.25, 0.3) is 5.57 Å². The predicted octanol–water partition coefficient (Wildman–Crippen LogP) is 10.7. The van der Waals surface area contributed by atoms with Crippen LogP contribution in [-0.2, 0) is 67.8 Å². The van der Waals surface area contributed by atoms with E-state index in [9.17, 15) is 0 Å². The normalized spacial score (nSPS) is 13.8. The van der Waals surface area contributed by atoms with Crippen molar-refractivity contribution in [2.75, 3.05) is 0 Å². The molecule has 1 unspecified atom stereocenters. The molecule has 6 aromatic rings. The van der Waals surface area contributed by atoms with Crippen molar-refractivity contribution >= 4 is 5.57 Å². The van der Waals surface area contributed by atoms with Crippen LogP contribution in [0.2, 0.25) is 0 Å². The van der Waals surface area contributed by atoms with Gasteiger partial charge in [-0.25, -0.2) is 35.4 Å². The molecule has 0 saturated heterocycles. The van der Waals surface area contributed by atoms with Gasteiger partial charge in [0, 0.05) is 0 Å². The molecule has 0 saturated carbocycles. The van der Waals surface area contributed by atoms with Crippen molar-refractivity contribution in [1.82, 2.24) is 0 Å². The fraction of sp³-hybridized carbons (Fsp3) is 0.120. The number of rotatable bonds is 10. The summed E-state index contributed by atoms with van der Waals surface area (Å²) in [6.45, 7) is 0. The molecule has 0 aliphatic heterocycles. The van der Waals surface area contributed by atoms with E-state index in [2.05, 4.69) is 158 Å². The van der Waals surface area contributed by atoms with E-state index in [1.807, 2.05) is 42.5 Å². The minimum atomic E-state index is 0. The standard InChI is InChI=1S/2C25H18.2Pt/c2*1-2-8-20(9-3-1)16-21-10-6-11-22(17-21)18-23-12-7-15-25(19-23)24-13-4-5-14-24;;/h1-8,10-12,15H,13,16,18H2;1-8,10-13,15,24H,16,18H2;;/q2*-4;2*+4. The molecular weight excluding hydrogens is 991 g/mol.